The Balaban J connectivity index is 1.75. The number of nitro benzene ring substituents is 1. The van der Waals surface area contributed by atoms with E-state index in [0.29, 0.717) is 18.3 Å². The van der Waals surface area contributed by atoms with E-state index in [1.165, 1.54) is 25.0 Å². The molecule has 0 aromatic heterocycles. The molecule has 1 aliphatic rings. The Labute approximate surface area is 105 Å². The molecule has 1 aliphatic carbocycles. The largest absolute Gasteiger partial charge is 0.383 e. The number of nitro groups is 1. The average Bonchev–Trinajstić information content (AvgIpc) is 3.14. The van der Waals surface area contributed by atoms with Gasteiger partial charge in [-0.25, -0.2) is 4.39 Å². The molecule has 1 aromatic carbocycles. The van der Waals surface area contributed by atoms with Gasteiger partial charge in [-0.1, -0.05) is 0 Å². The Hall–Kier alpha value is -1.69. The van der Waals surface area contributed by atoms with Crippen LogP contribution in [0.2, 0.25) is 0 Å². The molecule has 0 amide bonds. The standard InChI is InChI=1S/C12H16FN3O2/c13-11-8-10(16(17)18)4-5-12(11)15-7-1-6-14-9-2-3-9/h4-5,8-9,14-15H,1-3,6-7H2. The van der Waals surface area contributed by atoms with Crippen LogP contribution in [0.15, 0.2) is 18.2 Å². The normalized spacial score (nSPS) is 14.5. The number of rotatable bonds is 7. The molecule has 0 atom stereocenters. The van der Waals surface area contributed by atoms with Crippen molar-refractivity contribution in [2.75, 3.05) is 18.4 Å². The minimum Gasteiger partial charge on any atom is -0.383 e. The summed E-state index contributed by atoms with van der Waals surface area (Å²) in [5.74, 6) is -0.584. The van der Waals surface area contributed by atoms with Crippen LogP contribution in [0, 0.1) is 15.9 Å². The van der Waals surface area contributed by atoms with E-state index in [9.17, 15) is 14.5 Å². The van der Waals surface area contributed by atoms with E-state index in [-0.39, 0.29) is 5.69 Å². The fourth-order valence-corrected chi connectivity index (χ4v) is 1.67. The third-order valence-corrected chi connectivity index (χ3v) is 2.84. The second kappa shape index (κ2) is 5.77. The fraction of sp³-hybridized carbons (Fsp3) is 0.500. The van der Waals surface area contributed by atoms with Gasteiger partial charge in [0.25, 0.3) is 5.69 Å². The number of benzene rings is 1. The van der Waals surface area contributed by atoms with Crippen molar-refractivity contribution in [1.82, 2.24) is 5.32 Å². The molecule has 1 aromatic rings. The summed E-state index contributed by atoms with van der Waals surface area (Å²) in [6, 6.07) is 4.32. The first-order valence-corrected chi connectivity index (χ1v) is 6.08. The zero-order valence-electron chi connectivity index (χ0n) is 9.99. The zero-order chi connectivity index (χ0) is 13.0. The van der Waals surface area contributed by atoms with Crippen molar-refractivity contribution in [1.29, 1.82) is 0 Å². The minimum absolute atomic E-state index is 0.228. The molecule has 0 heterocycles. The minimum atomic E-state index is -0.605. The number of nitrogens with zero attached hydrogens (tertiary/aromatic N) is 1. The summed E-state index contributed by atoms with van der Waals surface area (Å²) in [5, 5.41) is 16.7. The highest BCUT2D eigenvalue weighted by Gasteiger charge is 2.19. The van der Waals surface area contributed by atoms with Crippen molar-refractivity contribution < 1.29 is 9.31 Å². The van der Waals surface area contributed by atoms with Gasteiger partial charge < -0.3 is 10.6 Å². The maximum absolute atomic E-state index is 13.5. The van der Waals surface area contributed by atoms with Gasteiger partial charge in [0.2, 0.25) is 0 Å². The van der Waals surface area contributed by atoms with Crippen LogP contribution in [0.1, 0.15) is 19.3 Å². The zero-order valence-corrected chi connectivity index (χ0v) is 9.99. The lowest BCUT2D eigenvalue weighted by Gasteiger charge is -2.07. The summed E-state index contributed by atoms with van der Waals surface area (Å²) in [6.07, 6.45) is 3.40. The van der Waals surface area contributed by atoms with Crippen molar-refractivity contribution in [2.45, 2.75) is 25.3 Å². The van der Waals surface area contributed by atoms with Crippen LogP contribution in [-0.4, -0.2) is 24.1 Å². The van der Waals surface area contributed by atoms with Gasteiger partial charge in [-0.2, -0.15) is 0 Å². The number of anilines is 1. The predicted octanol–water partition coefficient (Wildman–Crippen LogP) is 2.29. The number of non-ortho nitro benzene ring substituents is 1. The number of halogens is 1. The number of hydrogen-bond donors (Lipinski definition) is 2. The summed E-state index contributed by atoms with van der Waals surface area (Å²) >= 11 is 0. The van der Waals surface area contributed by atoms with Gasteiger partial charge in [0.1, 0.15) is 0 Å². The fourth-order valence-electron chi connectivity index (χ4n) is 1.67. The van der Waals surface area contributed by atoms with Gasteiger partial charge in [0, 0.05) is 18.7 Å². The third kappa shape index (κ3) is 3.66. The molecule has 2 N–H and O–H groups in total. The van der Waals surface area contributed by atoms with Crippen molar-refractivity contribution in [2.24, 2.45) is 0 Å². The topological polar surface area (TPSA) is 67.2 Å². The molecular weight excluding hydrogens is 237 g/mol. The lowest BCUT2D eigenvalue weighted by molar-refractivity contribution is -0.385. The van der Waals surface area contributed by atoms with Crippen molar-refractivity contribution in [3.63, 3.8) is 0 Å². The summed E-state index contributed by atoms with van der Waals surface area (Å²) in [4.78, 5) is 9.84. The van der Waals surface area contributed by atoms with Gasteiger partial charge in [-0.15, -0.1) is 0 Å². The van der Waals surface area contributed by atoms with Gasteiger partial charge in [-0.3, -0.25) is 10.1 Å². The van der Waals surface area contributed by atoms with Crippen LogP contribution in [0.5, 0.6) is 0 Å². The van der Waals surface area contributed by atoms with E-state index >= 15 is 0 Å². The summed E-state index contributed by atoms with van der Waals surface area (Å²) in [5.41, 5.74) is 0.0838. The van der Waals surface area contributed by atoms with Crippen LogP contribution in [0.4, 0.5) is 15.8 Å². The summed E-state index contributed by atoms with van der Waals surface area (Å²) in [6.45, 7) is 1.56. The highest BCUT2D eigenvalue weighted by molar-refractivity contribution is 5.49. The molecule has 0 unspecified atom stereocenters. The molecule has 5 nitrogen and oxygen atoms in total. The molecule has 0 aliphatic heterocycles. The van der Waals surface area contributed by atoms with Crippen molar-refractivity contribution >= 4 is 11.4 Å². The third-order valence-electron chi connectivity index (χ3n) is 2.84. The highest BCUT2D eigenvalue weighted by atomic mass is 19.1. The van der Waals surface area contributed by atoms with Gasteiger partial charge in [0.05, 0.1) is 16.7 Å². The van der Waals surface area contributed by atoms with Crippen LogP contribution in [0.3, 0.4) is 0 Å². The van der Waals surface area contributed by atoms with Crippen LogP contribution in [0.25, 0.3) is 0 Å². The monoisotopic (exact) mass is 253 g/mol. The molecule has 98 valence electrons. The first-order chi connectivity index (χ1) is 8.66. The van der Waals surface area contributed by atoms with Gasteiger partial charge in [0.15, 0.2) is 5.82 Å². The molecule has 6 heteroatoms. The van der Waals surface area contributed by atoms with Crippen molar-refractivity contribution in [3.8, 4) is 0 Å². The first kappa shape index (κ1) is 12.8. The highest BCUT2D eigenvalue weighted by Crippen LogP contribution is 2.20. The van der Waals surface area contributed by atoms with E-state index in [1.807, 2.05) is 0 Å². The van der Waals surface area contributed by atoms with Crippen molar-refractivity contribution in [3.05, 3.63) is 34.1 Å². The van der Waals surface area contributed by atoms with Gasteiger partial charge in [-0.05, 0) is 31.9 Å². The molecule has 0 saturated heterocycles. The van der Waals surface area contributed by atoms with E-state index in [4.69, 9.17) is 0 Å². The summed E-state index contributed by atoms with van der Waals surface area (Å²) < 4.78 is 13.5. The quantitative estimate of drug-likeness (QED) is 0.444. The average molecular weight is 253 g/mol. The first-order valence-electron chi connectivity index (χ1n) is 6.08. The molecule has 18 heavy (non-hydrogen) atoms. The Kier molecular flexibility index (Phi) is 4.09. The number of hydrogen-bond acceptors (Lipinski definition) is 4. The van der Waals surface area contributed by atoms with Gasteiger partial charge >= 0.3 is 0 Å². The number of nitrogens with one attached hydrogen (secondary N) is 2. The lowest BCUT2D eigenvalue weighted by atomic mass is 10.2. The summed E-state index contributed by atoms with van der Waals surface area (Å²) in [7, 11) is 0. The lowest BCUT2D eigenvalue weighted by Crippen LogP contribution is -2.20. The molecule has 2 rings (SSSR count). The SMILES string of the molecule is O=[N+]([O-])c1ccc(NCCCNC2CC2)c(F)c1. The molecule has 0 radical (unpaired) electrons. The second-order valence-corrected chi connectivity index (χ2v) is 4.43. The molecule has 0 spiro atoms. The van der Waals surface area contributed by atoms with E-state index in [2.05, 4.69) is 10.6 Å². The smallest absolute Gasteiger partial charge is 0.272 e. The molecular formula is C12H16FN3O2. The Bertz CT molecular complexity index is 435. The predicted molar refractivity (Wildman–Crippen MR) is 67.2 cm³/mol. The Morgan fingerprint density at radius 3 is 2.78 bits per heavy atom. The van der Waals surface area contributed by atoms with E-state index < -0.39 is 10.7 Å². The molecule has 1 fully saturated rings. The molecule has 0 bridgehead atoms. The van der Waals surface area contributed by atoms with Crippen LogP contribution in [-0.2, 0) is 0 Å². The van der Waals surface area contributed by atoms with Crippen LogP contribution < -0.4 is 10.6 Å². The molecule has 1 saturated carbocycles. The Morgan fingerprint density at radius 1 is 1.39 bits per heavy atom. The Morgan fingerprint density at radius 2 is 2.17 bits per heavy atom. The maximum Gasteiger partial charge on any atom is 0.272 e. The van der Waals surface area contributed by atoms with Crippen LogP contribution >= 0.6 is 0 Å². The maximum atomic E-state index is 13.5. The van der Waals surface area contributed by atoms with E-state index in [1.54, 1.807) is 0 Å². The second-order valence-electron chi connectivity index (χ2n) is 4.43. The van der Waals surface area contributed by atoms with E-state index in [0.717, 1.165) is 19.0 Å².